The van der Waals surface area contributed by atoms with Crippen molar-refractivity contribution in [2.75, 3.05) is 19.6 Å². The lowest BCUT2D eigenvalue weighted by Crippen LogP contribution is -2.60. The highest BCUT2D eigenvalue weighted by atomic mass is 19.1. The Balaban J connectivity index is 1.49. The number of carbonyl (C=O) groups is 2. The van der Waals surface area contributed by atoms with E-state index in [9.17, 15) is 23.5 Å². The van der Waals surface area contributed by atoms with Gasteiger partial charge < -0.3 is 9.63 Å². The molecule has 0 spiro atoms. The molecule has 3 heterocycles. The molecule has 0 atom stereocenters. The van der Waals surface area contributed by atoms with Crippen LogP contribution in [0.3, 0.4) is 0 Å². The van der Waals surface area contributed by atoms with Gasteiger partial charge in [-0.15, -0.1) is 0 Å². The molecule has 8 nitrogen and oxygen atoms in total. The van der Waals surface area contributed by atoms with Crippen molar-refractivity contribution in [2.45, 2.75) is 58.0 Å². The van der Waals surface area contributed by atoms with Crippen molar-refractivity contribution in [1.29, 1.82) is 0 Å². The molecule has 0 amide bonds. The van der Waals surface area contributed by atoms with Crippen LogP contribution in [-0.2, 0) is 10.2 Å². The van der Waals surface area contributed by atoms with Gasteiger partial charge in [0.2, 0.25) is 0 Å². The number of likely N-dealkylation sites (tertiary alicyclic amines) is 1. The highest BCUT2D eigenvalue weighted by Gasteiger charge is 2.47. The van der Waals surface area contributed by atoms with Crippen molar-refractivity contribution in [3.63, 3.8) is 0 Å². The molecule has 1 aliphatic heterocycles. The van der Waals surface area contributed by atoms with Crippen molar-refractivity contribution in [3.8, 4) is 11.3 Å². The number of ketones is 2. The number of halogens is 2. The van der Waals surface area contributed by atoms with Crippen LogP contribution in [0.1, 0.15) is 63.3 Å². The summed E-state index contributed by atoms with van der Waals surface area (Å²) in [5, 5.41) is 14.0. The van der Waals surface area contributed by atoms with E-state index < -0.39 is 28.1 Å². The summed E-state index contributed by atoms with van der Waals surface area (Å²) < 4.78 is 32.6. The Morgan fingerprint density at radius 2 is 1.76 bits per heavy atom. The van der Waals surface area contributed by atoms with Crippen molar-refractivity contribution >= 4 is 11.6 Å². The number of benzene rings is 1. The summed E-state index contributed by atoms with van der Waals surface area (Å²) in [6.45, 7) is 8.53. The lowest BCUT2D eigenvalue weighted by Gasteiger charge is -2.51. The van der Waals surface area contributed by atoms with Gasteiger partial charge in [0.05, 0.1) is 11.2 Å². The molecule has 1 saturated heterocycles. The van der Waals surface area contributed by atoms with E-state index in [2.05, 4.69) is 15.1 Å². The van der Waals surface area contributed by atoms with E-state index >= 15 is 0 Å². The van der Waals surface area contributed by atoms with Gasteiger partial charge in [0.25, 0.3) is 0 Å². The molecule has 1 fully saturated rings. The Morgan fingerprint density at radius 3 is 2.39 bits per heavy atom. The number of rotatable bonds is 11. The molecular formula is C28H32F2N4O4. The molecule has 4 rings (SSSR count). The molecule has 1 aromatic carbocycles. The van der Waals surface area contributed by atoms with Gasteiger partial charge in [0, 0.05) is 74.3 Å². The Kier molecular flexibility index (Phi) is 7.58. The maximum Gasteiger partial charge on any atom is 0.185 e. The van der Waals surface area contributed by atoms with Crippen LogP contribution in [0.4, 0.5) is 8.78 Å². The second-order valence-electron chi connectivity index (χ2n) is 11.6. The Hall–Kier alpha value is -3.37. The lowest BCUT2D eigenvalue weighted by atomic mass is 9.69. The molecule has 0 saturated carbocycles. The first-order valence-corrected chi connectivity index (χ1v) is 12.4. The molecule has 3 aromatic rings. The Labute approximate surface area is 220 Å². The van der Waals surface area contributed by atoms with Crippen LogP contribution in [0.25, 0.3) is 11.3 Å². The standard InChI is InChI=1S/C28H32F2N4O4/c1-26(2,25-31-8-5-9-32-25)12-19(35)13-28(16-34(17-28)15-27(3,4)37)14-23(36)22-11-24(38-33-22)20-7-6-18(29)10-21(20)30/h5-11,37H,12-17H2,1-4H3. The van der Waals surface area contributed by atoms with E-state index in [-0.39, 0.29) is 47.8 Å². The third-order valence-electron chi connectivity index (χ3n) is 6.64. The van der Waals surface area contributed by atoms with Crippen molar-refractivity contribution in [2.24, 2.45) is 5.41 Å². The summed E-state index contributed by atoms with van der Waals surface area (Å²) in [6.07, 6.45) is 3.67. The Morgan fingerprint density at radius 1 is 1.08 bits per heavy atom. The predicted octanol–water partition coefficient (Wildman–Crippen LogP) is 4.38. The maximum atomic E-state index is 14.2. The monoisotopic (exact) mass is 526 g/mol. The van der Waals surface area contributed by atoms with Gasteiger partial charge in [0.15, 0.2) is 11.5 Å². The van der Waals surface area contributed by atoms with Crippen LogP contribution in [-0.4, -0.2) is 61.9 Å². The van der Waals surface area contributed by atoms with Crippen LogP contribution in [0.2, 0.25) is 0 Å². The minimum atomic E-state index is -0.924. The zero-order chi connectivity index (χ0) is 27.7. The van der Waals surface area contributed by atoms with Crippen molar-refractivity contribution in [3.05, 3.63) is 65.9 Å². The fraction of sp³-hybridized carbons (Fsp3) is 0.464. The number of aromatic nitrogens is 3. The largest absolute Gasteiger partial charge is 0.389 e. The predicted molar refractivity (Wildman–Crippen MR) is 135 cm³/mol. The SMILES string of the molecule is CC(C)(O)CN1CC(CC(=O)CC(C)(C)c2ncccn2)(CC(=O)c2cc(-c3ccc(F)cc3F)on2)C1. The second-order valence-corrected chi connectivity index (χ2v) is 11.6. The van der Waals surface area contributed by atoms with Crippen LogP contribution in [0.5, 0.6) is 0 Å². The number of nitrogens with zero attached hydrogens (tertiary/aromatic N) is 4. The number of β-amino-alcohol motifs (C(OH)–C–C–N with tert-alkyl or cyclic N) is 1. The van der Waals surface area contributed by atoms with Gasteiger partial charge in [-0.25, -0.2) is 18.7 Å². The highest BCUT2D eigenvalue weighted by molar-refractivity contribution is 5.96. The van der Waals surface area contributed by atoms with Gasteiger partial charge >= 0.3 is 0 Å². The summed E-state index contributed by atoms with van der Waals surface area (Å²) in [6, 6.07) is 6.09. The molecular weight excluding hydrogens is 494 g/mol. The first-order chi connectivity index (χ1) is 17.8. The minimum Gasteiger partial charge on any atom is -0.389 e. The Bertz CT molecular complexity index is 1310. The van der Waals surface area contributed by atoms with Crippen LogP contribution < -0.4 is 0 Å². The zero-order valence-corrected chi connectivity index (χ0v) is 22.0. The highest BCUT2D eigenvalue weighted by Crippen LogP contribution is 2.41. The summed E-state index contributed by atoms with van der Waals surface area (Å²) >= 11 is 0. The fourth-order valence-electron chi connectivity index (χ4n) is 5.20. The van der Waals surface area contributed by atoms with Gasteiger partial charge in [-0.3, -0.25) is 14.5 Å². The van der Waals surface area contributed by atoms with Crippen LogP contribution >= 0.6 is 0 Å². The van der Waals surface area contributed by atoms with E-state index in [1.165, 1.54) is 12.1 Å². The summed E-state index contributed by atoms with van der Waals surface area (Å²) in [4.78, 5) is 37.1. The second kappa shape index (κ2) is 10.4. The van der Waals surface area contributed by atoms with Gasteiger partial charge in [-0.1, -0.05) is 19.0 Å². The molecule has 202 valence electrons. The molecule has 1 aliphatic rings. The molecule has 0 radical (unpaired) electrons. The first-order valence-electron chi connectivity index (χ1n) is 12.4. The summed E-state index contributed by atoms with van der Waals surface area (Å²) in [5.74, 6) is -1.34. The van der Waals surface area contributed by atoms with Gasteiger partial charge in [-0.2, -0.15) is 0 Å². The molecule has 0 aliphatic carbocycles. The topological polar surface area (TPSA) is 109 Å². The molecule has 0 bridgehead atoms. The number of carbonyl (C=O) groups excluding carboxylic acids is 2. The van der Waals surface area contributed by atoms with Crippen molar-refractivity contribution in [1.82, 2.24) is 20.0 Å². The smallest absolute Gasteiger partial charge is 0.185 e. The average molecular weight is 527 g/mol. The van der Waals surface area contributed by atoms with E-state index in [4.69, 9.17) is 4.52 Å². The fourth-order valence-corrected chi connectivity index (χ4v) is 5.20. The summed E-state index contributed by atoms with van der Waals surface area (Å²) in [7, 11) is 0. The normalized spacial score (nSPS) is 15.8. The van der Waals surface area contributed by atoms with Gasteiger partial charge in [0.1, 0.15) is 28.9 Å². The minimum absolute atomic E-state index is 0.00630. The number of hydrogen-bond acceptors (Lipinski definition) is 8. The van der Waals surface area contributed by atoms with E-state index in [1.54, 1.807) is 32.3 Å². The molecule has 0 unspecified atom stereocenters. The number of hydrogen-bond donors (Lipinski definition) is 1. The molecule has 1 N–H and O–H groups in total. The summed E-state index contributed by atoms with van der Waals surface area (Å²) in [5.41, 5.74) is -2.15. The lowest BCUT2D eigenvalue weighted by molar-refractivity contribution is -0.127. The van der Waals surface area contributed by atoms with E-state index in [0.717, 1.165) is 12.1 Å². The molecule has 38 heavy (non-hydrogen) atoms. The van der Waals surface area contributed by atoms with Crippen LogP contribution in [0, 0.1) is 17.0 Å². The number of Topliss-reactive ketones (excluding diaryl/α,β-unsaturated/α-hetero) is 2. The maximum absolute atomic E-state index is 14.2. The first kappa shape index (κ1) is 27.7. The quantitative estimate of drug-likeness (QED) is 0.367. The average Bonchev–Trinajstić information content (AvgIpc) is 3.27. The van der Waals surface area contributed by atoms with Crippen molar-refractivity contribution < 1.29 is 28.0 Å². The van der Waals surface area contributed by atoms with E-state index in [1.807, 2.05) is 18.7 Å². The molecule has 10 heteroatoms. The van der Waals surface area contributed by atoms with Crippen LogP contribution in [0.15, 0.2) is 47.2 Å². The number of aliphatic hydroxyl groups is 1. The zero-order valence-electron chi connectivity index (χ0n) is 22.0. The third-order valence-corrected chi connectivity index (χ3v) is 6.64. The van der Waals surface area contributed by atoms with E-state index in [0.29, 0.717) is 25.5 Å². The van der Waals surface area contributed by atoms with Gasteiger partial charge in [-0.05, 0) is 32.0 Å². The molecule has 2 aromatic heterocycles. The third kappa shape index (κ3) is 6.54.